The number of imidazole rings is 1. The molecule has 0 bridgehead atoms. The van der Waals surface area contributed by atoms with Gasteiger partial charge in [0.15, 0.2) is 0 Å². The minimum Gasteiger partial charge on any atom is -0.334 e. The van der Waals surface area contributed by atoms with Crippen LogP contribution >= 0.6 is 0 Å². The fourth-order valence-electron chi connectivity index (χ4n) is 4.83. The average Bonchev–Trinajstić information content (AvgIpc) is 3.36. The first-order chi connectivity index (χ1) is 15.9. The van der Waals surface area contributed by atoms with Gasteiger partial charge in [-0.3, -0.25) is 0 Å². The van der Waals surface area contributed by atoms with E-state index in [1.54, 1.807) is 0 Å². The number of aryl methyl sites for hydroxylation is 1. The van der Waals surface area contributed by atoms with Gasteiger partial charge in [-0.05, 0) is 24.8 Å². The Balaban J connectivity index is 1.42. The molecule has 1 unspecified atom stereocenters. The summed E-state index contributed by atoms with van der Waals surface area (Å²) in [6.45, 7) is 2.30. The van der Waals surface area contributed by atoms with E-state index in [0.717, 1.165) is 6.42 Å². The van der Waals surface area contributed by atoms with E-state index in [0.29, 0.717) is 6.04 Å². The molecule has 0 radical (unpaired) electrons. The molecule has 0 saturated heterocycles. The highest BCUT2D eigenvalue weighted by Crippen LogP contribution is 2.22. The van der Waals surface area contributed by atoms with Gasteiger partial charge in [-0.15, -0.1) is 0 Å². The topological polar surface area (TPSA) is 17.8 Å². The van der Waals surface area contributed by atoms with Crippen molar-refractivity contribution >= 4 is 0 Å². The molecule has 0 aliphatic heterocycles. The van der Waals surface area contributed by atoms with Crippen LogP contribution in [0.5, 0.6) is 0 Å². The van der Waals surface area contributed by atoms with Crippen LogP contribution in [0.25, 0.3) is 0 Å². The Labute approximate surface area is 199 Å². The summed E-state index contributed by atoms with van der Waals surface area (Å²) in [7, 11) is 0. The summed E-state index contributed by atoms with van der Waals surface area (Å²) >= 11 is 0. The minimum atomic E-state index is 0.587. The van der Waals surface area contributed by atoms with Crippen molar-refractivity contribution in [2.75, 3.05) is 0 Å². The zero-order valence-electron chi connectivity index (χ0n) is 21.0. The second-order valence-electron chi connectivity index (χ2n) is 9.78. The number of rotatable bonds is 21. The molecule has 0 saturated carbocycles. The number of benzene rings is 1. The van der Waals surface area contributed by atoms with Crippen LogP contribution in [0.15, 0.2) is 49.1 Å². The molecule has 2 aromatic rings. The number of nitrogens with zero attached hydrogens (tertiary/aromatic N) is 2. The number of unbranched alkanes of at least 4 members (excludes halogenated alkanes) is 15. The molecule has 0 spiro atoms. The lowest BCUT2D eigenvalue weighted by molar-refractivity contribution is 0.411. The molecule has 0 fully saturated rings. The van der Waals surface area contributed by atoms with E-state index in [-0.39, 0.29) is 0 Å². The summed E-state index contributed by atoms with van der Waals surface area (Å²) in [6, 6.07) is 11.5. The highest BCUT2D eigenvalue weighted by Gasteiger charge is 2.10. The summed E-state index contributed by atoms with van der Waals surface area (Å²) in [5.74, 6) is 0. The van der Waals surface area contributed by atoms with Crippen LogP contribution < -0.4 is 0 Å². The molecule has 2 nitrogen and oxygen atoms in total. The molecule has 0 N–H and O–H groups in total. The Bertz CT molecular complexity index is 620. The summed E-state index contributed by atoms with van der Waals surface area (Å²) < 4.78 is 2.33. The molecular formula is C30H50N2. The average molecular weight is 439 g/mol. The standard InChI is InChI=1S/C30H50N2/c1-2-3-4-5-6-7-8-9-10-11-12-13-14-15-16-20-23-30(32-27-26-31-28-32)25-24-29-21-18-17-19-22-29/h17-19,21-22,26-28,30H,2-16,20,23-25H2,1H3. The lowest BCUT2D eigenvalue weighted by Gasteiger charge is -2.18. The lowest BCUT2D eigenvalue weighted by Crippen LogP contribution is -2.08. The summed E-state index contributed by atoms with van der Waals surface area (Å²) in [5.41, 5.74) is 1.45. The van der Waals surface area contributed by atoms with Crippen molar-refractivity contribution in [3.05, 3.63) is 54.6 Å². The van der Waals surface area contributed by atoms with Crippen molar-refractivity contribution in [2.45, 2.75) is 135 Å². The molecule has 1 aromatic heterocycles. The highest BCUT2D eigenvalue weighted by molar-refractivity contribution is 5.14. The highest BCUT2D eigenvalue weighted by atomic mass is 15.0. The fraction of sp³-hybridized carbons (Fsp3) is 0.700. The first kappa shape index (κ1) is 26.7. The predicted molar refractivity (Wildman–Crippen MR) is 140 cm³/mol. The predicted octanol–water partition coefficient (Wildman–Crippen LogP) is 9.71. The van der Waals surface area contributed by atoms with Crippen LogP contribution in [-0.4, -0.2) is 9.55 Å². The zero-order valence-corrected chi connectivity index (χ0v) is 21.0. The molecule has 1 atom stereocenters. The van der Waals surface area contributed by atoms with Gasteiger partial charge in [0.25, 0.3) is 0 Å². The van der Waals surface area contributed by atoms with Crippen molar-refractivity contribution < 1.29 is 0 Å². The molecule has 0 amide bonds. The van der Waals surface area contributed by atoms with Crippen LogP contribution in [0, 0.1) is 0 Å². The van der Waals surface area contributed by atoms with Gasteiger partial charge in [-0.2, -0.15) is 0 Å². The SMILES string of the molecule is CCCCCCCCCCCCCCCCCCC(CCc1ccccc1)n1ccnc1. The molecule has 0 aliphatic rings. The van der Waals surface area contributed by atoms with Crippen LogP contribution in [0.4, 0.5) is 0 Å². The second-order valence-corrected chi connectivity index (χ2v) is 9.78. The van der Waals surface area contributed by atoms with E-state index in [9.17, 15) is 0 Å². The third-order valence-electron chi connectivity index (χ3n) is 6.95. The van der Waals surface area contributed by atoms with E-state index in [4.69, 9.17) is 0 Å². The minimum absolute atomic E-state index is 0.587. The fourth-order valence-corrected chi connectivity index (χ4v) is 4.83. The number of hydrogen-bond donors (Lipinski definition) is 0. The Morgan fingerprint density at radius 1 is 0.656 bits per heavy atom. The first-order valence-electron chi connectivity index (χ1n) is 13.9. The third-order valence-corrected chi connectivity index (χ3v) is 6.95. The Morgan fingerprint density at radius 2 is 1.19 bits per heavy atom. The Kier molecular flexibility index (Phi) is 15.8. The second kappa shape index (κ2) is 18.9. The maximum atomic E-state index is 4.29. The van der Waals surface area contributed by atoms with E-state index < -0.39 is 0 Å². The first-order valence-corrected chi connectivity index (χ1v) is 13.9. The maximum Gasteiger partial charge on any atom is 0.0948 e. The van der Waals surface area contributed by atoms with Crippen molar-refractivity contribution in [3.63, 3.8) is 0 Å². The van der Waals surface area contributed by atoms with Crippen molar-refractivity contribution in [2.24, 2.45) is 0 Å². The van der Waals surface area contributed by atoms with E-state index in [1.165, 1.54) is 121 Å². The molecule has 180 valence electrons. The van der Waals surface area contributed by atoms with Gasteiger partial charge in [0.1, 0.15) is 0 Å². The molecule has 0 aliphatic carbocycles. The smallest absolute Gasteiger partial charge is 0.0948 e. The Hall–Kier alpha value is -1.57. The maximum absolute atomic E-state index is 4.29. The van der Waals surface area contributed by atoms with Gasteiger partial charge in [0.05, 0.1) is 6.33 Å². The van der Waals surface area contributed by atoms with Gasteiger partial charge in [0, 0.05) is 18.4 Å². The third kappa shape index (κ3) is 13.1. The van der Waals surface area contributed by atoms with Crippen LogP contribution in [-0.2, 0) is 6.42 Å². The molecule has 32 heavy (non-hydrogen) atoms. The number of aromatic nitrogens is 2. The van der Waals surface area contributed by atoms with Crippen molar-refractivity contribution in [1.82, 2.24) is 9.55 Å². The van der Waals surface area contributed by atoms with Gasteiger partial charge < -0.3 is 4.57 Å². The van der Waals surface area contributed by atoms with Gasteiger partial charge in [-0.25, -0.2) is 4.98 Å². The van der Waals surface area contributed by atoms with E-state index >= 15 is 0 Å². The van der Waals surface area contributed by atoms with Gasteiger partial charge in [0.2, 0.25) is 0 Å². The van der Waals surface area contributed by atoms with Crippen molar-refractivity contribution in [1.29, 1.82) is 0 Å². The zero-order chi connectivity index (χ0) is 22.5. The molecule has 2 rings (SSSR count). The lowest BCUT2D eigenvalue weighted by atomic mass is 9.99. The molecule has 1 aromatic carbocycles. The Morgan fingerprint density at radius 3 is 1.69 bits per heavy atom. The summed E-state index contributed by atoms with van der Waals surface area (Å²) in [4.78, 5) is 4.29. The molecule has 1 heterocycles. The van der Waals surface area contributed by atoms with E-state index in [2.05, 4.69) is 53.0 Å². The van der Waals surface area contributed by atoms with Gasteiger partial charge >= 0.3 is 0 Å². The van der Waals surface area contributed by atoms with Crippen LogP contribution in [0.3, 0.4) is 0 Å². The summed E-state index contributed by atoms with van der Waals surface area (Å²) in [5, 5.41) is 0. The monoisotopic (exact) mass is 438 g/mol. The van der Waals surface area contributed by atoms with Gasteiger partial charge in [-0.1, -0.05) is 140 Å². The molecule has 2 heteroatoms. The van der Waals surface area contributed by atoms with Crippen LogP contribution in [0.2, 0.25) is 0 Å². The van der Waals surface area contributed by atoms with Crippen molar-refractivity contribution in [3.8, 4) is 0 Å². The summed E-state index contributed by atoms with van der Waals surface area (Å²) in [6.07, 6.45) is 32.6. The quantitative estimate of drug-likeness (QED) is 0.177. The normalized spacial score (nSPS) is 12.3. The van der Waals surface area contributed by atoms with Crippen LogP contribution in [0.1, 0.15) is 134 Å². The largest absolute Gasteiger partial charge is 0.334 e. The molecular weight excluding hydrogens is 388 g/mol. The van der Waals surface area contributed by atoms with E-state index in [1.807, 2.05) is 12.5 Å². The number of hydrogen-bond acceptors (Lipinski definition) is 1.